The van der Waals surface area contributed by atoms with E-state index in [1.165, 1.54) is 28.8 Å². The molecule has 2 N–H and O–H groups in total. The van der Waals surface area contributed by atoms with Crippen LogP contribution in [0.2, 0.25) is 0 Å². The van der Waals surface area contributed by atoms with E-state index in [1.54, 1.807) is 0 Å². The van der Waals surface area contributed by atoms with Crippen LogP contribution in [0.1, 0.15) is 54.3 Å². The maximum atomic E-state index is 4.76. The Morgan fingerprint density at radius 1 is 1.04 bits per heavy atom. The maximum absolute atomic E-state index is 4.76. The number of guanidine groups is 1. The van der Waals surface area contributed by atoms with Crippen molar-refractivity contribution >= 4 is 5.96 Å². The molecule has 0 saturated carbocycles. The standard InChI is InChI=1S/C22H35N5/c1-6-7-14-23-22(25-16-20-12-10-17(2)11-13-20)24-15-8-9-21-18(3)26-27(5)19(21)4/h10-13H,6-9,14-16H2,1-5H3,(H2,23,24,25). The summed E-state index contributed by atoms with van der Waals surface area (Å²) >= 11 is 0. The Morgan fingerprint density at radius 2 is 1.70 bits per heavy atom. The number of aromatic nitrogens is 2. The van der Waals surface area contributed by atoms with E-state index in [2.05, 4.69) is 67.7 Å². The van der Waals surface area contributed by atoms with Crippen molar-refractivity contribution in [2.24, 2.45) is 12.0 Å². The largest absolute Gasteiger partial charge is 0.356 e. The van der Waals surface area contributed by atoms with Crippen molar-refractivity contribution in [2.45, 2.75) is 59.9 Å². The molecule has 2 rings (SSSR count). The molecule has 5 nitrogen and oxygen atoms in total. The van der Waals surface area contributed by atoms with Crippen LogP contribution in [0.5, 0.6) is 0 Å². The van der Waals surface area contributed by atoms with Gasteiger partial charge in [0.15, 0.2) is 5.96 Å². The molecule has 0 unspecified atom stereocenters. The van der Waals surface area contributed by atoms with Gasteiger partial charge >= 0.3 is 0 Å². The van der Waals surface area contributed by atoms with Gasteiger partial charge in [-0.2, -0.15) is 5.10 Å². The number of aliphatic imine (C=N–C) groups is 1. The second-order valence-corrected chi connectivity index (χ2v) is 7.23. The summed E-state index contributed by atoms with van der Waals surface area (Å²) in [7, 11) is 2.01. The van der Waals surface area contributed by atoms with Crippen LogP contribution in [0.15, 0.2) is 29.3 Å². The van der Waals surface area contributed by atoms with Crippen molar-refractivity contribution in [3.05, 3.63) is 52.3 Å². The van der Waals surface area contributed by atoms with Gasteiger partial charge in [0.1, 0.15) is 0 Å². The third-order valence-electron chi connectivity index (χ3n) is 4.92. The predicted molar refractivity (Wildman–Crippen MR) is 114 cm³/mol. The number of benzene rings is 1. The quantitative estimate of drug-likeness (QED) is 0.401. The van der Waals surface area contributed by atoms with Gasteiger partial charge in [0.05, 0.1) is 12.2 Å². The number of nitrogens with zero attached hydrogens (tertiary/aromatic N) is 3. The number of rotatable bonds is 9. The molecule has 0 aliphatic rings. The summed E-state index contributed by atoms with van der Waals surface area (Å²) in [4.78, 5) is 4.76. The molecule has 0 spiro atoms. The molecule has 0 amide bonds. The lowest BCUT2D eigenvalue weighted by molar-refractivity contribution is 0.703. The van der Waals surface area contributed by atoms with Gasteiger partial charge in [-0.05, 0) is 51.2 Å². The minimum atomic E-state index is 0.697. The number of aryl methyl sites for hydroxylation is 3. The van der Waals surface area contributed by atoms with Crippen LogP contribution in [0.25, 0.3) is 0 Å². The number of unbranched alkanes of at least 4 members (excludes halogenated alkanes) is 1. The Morgan fingerprint density at radius 3 is 2.30 bits per heavy atom. The van der Waals surface area contributed by atoms with Crippen LogP contribution in [0, 0.1) is 20.8 Å². The van der Waals surface area contributed by atoms with E-state index in [1.807, 2.05) is 11.7 Å². The first-order valence-corrected chi connectivity index (χ1v) is 10.1. The molecule has 2 aromatic rings. The Balaban J connectivity index is 1.87. The van der Waals surface area contributed by atoms with Crippen molar-refractivity contribution in [3.8, 4) is 0 Å². The Bertz CT molecular complexity index is 728. The zero-order valence-electron chi connectivity index (χ0n) is 17.6. The third kappa shape index (κ3) is 6.74. The van der Waals surface area contributed by atoms with Crippen LogP contribution >= 0.6 is 0 Å². The third-order valence-corrected chi connectivity index (χ3v) is 4.92. The van der Waals surface area contributed by atoms with Crippen molar-refractivity contribution in [3.63, 3.8) is 0 Å². The molecule has 0 atom stereocenters. The summed E-state index contributed by atoms with van der Waals surface area (Å²) in [5, 5.41) is 11.4. The molecule has 1 aromatic heterocycles. The van der Waals surface area contributed by atoms with Gasteiger partial charge in [0.25, 0.3) is 0 Å². The van der Waals surface area contributed by atoms with E-state index < -0.39 is 0 Å². The molecule has 0 fully saturated rings. The minimum Gasteiger partial charge on any atom is -0.356 e. The first kappa shape index (κ1) is 21.0. The van der Waals surface area contributed by atoms with Gasteiger partial charge < -0.3 is 10.6 Å². The molecule has 5 heteroatoms. The number of hydrogen-bond donors (Lipinski definition) is 2. The Labute approximate surface area is 164 Å². The lowest BCUT2D eigenvalue weighted by Crippen LogP contribution is -2.38. The zero-order chi connectivity index (χ0) is 19.6. The molecule has 0 radical (unpaired) electrons. The van der Waals surface area contributed by atoms with Gasteiger partial charge in [-0.1, -0.05) is 43.2 Å². The average Bonchev–Trinajstić information content (AvgIpc) is 2.89. The fraction of sp³-hybridized carbons (Fsp3) is 0.545. The second kappa shape index (κ2) is 10.8. The van der Waals surface area contributed by atoms with Crippen molar-refractivity contribution in [2.75, 3.05) is 13.1 Å². The monoisotopic (exact) mass is 369 g/mol. The maximum Gasteiger partial charge on any atom is 0.191 e. The predicted octanol–water partition coefficient (Wildman–Crippen LogP) is 3.81. The van der Waals surface area contributed by atoms with E-state index in [0.29, 0.717) is 6.54 Å². The van der Waals surface area contributed by atoms with E-state index in [-0.39, 0.29) is 0 Å². The minimum absolute atomic E-state index is 0.697. The summed E-state index contributed by atoms with van der Waals surface area (Å²) in [6.07, 6.45) is 4.43. The van der Waals surface area contributed by atoms with E-state index in [4.69, 9.17) is 4.99 Å². The van der Waals surface area contributed by atoms with Gasteiger partial charge in [0, 0.05) is 25.8 Å². The lowest BCUT2D eigenvalue weighted by Gasteiger charge is -2.12. The fourth-order valence-electron chi connectivity index (χ4n) is 3.07. The van der Waals surface area contributed by atoms with Crippen molar-refractivity contribution < 1.29 is 0 Å². The van der Waals surface area contributed by atoms with Crippen LogP contribution in [-0.2, 0) is 20.0 Å². The van der Waals surface area contributed by atoms with E-state index >= 15 is 0 Å². The van der Waals surface area contributed by atoms with E-state index in [0.717, 1.165) is 44.0 Å². The van der Waals surface area contributed by atoms with Crippen LogP contribution in [0.3, 0.4) is 0 Å². The van der Waals surface area contributed by atoms with Gasteiger partial charge in [-0.15, -0.1) is 0 Å². The summed E-state index contributed by atoms with van der Waals surface area (Å²) in [6, 6.07) is 8.58. The fourth-order valence-corrected chi connectivity index (χ4v) is 3.07. The number of nitrogens with one attached hydrogen (secondary N) is 2. The van der Waals surface area contributed by atoms with E-state index in [9.17, 15) is 0 Å². The smallest absolute Gasteiger partial charge is 0.191 e. The Kier molecular flexibility index (Phi) is 8.37. The average molecular weight is 370 g/mol. The molecule has 1 heterocycles. The second-order valence-electron chi connectivity index (χ2n) is 7.23. The highest BCUT2D eigenvalue weighted by Crippen LogP contribution is 2.13. The highest BCUT2D eigenvalue weighted by Gasteiger charge is 2.08. The summed E-state index contributed by atoms with van der Waals surface area (Å²) in [5.41, 5.74) is 6.30. The van der Waals surface area contributed by atoms with Gasteiger partial charge in [-0.25, -0.2) is 4.99 Å². The highest BCUT2D eigenvalue weighted by atomic mass is 15.3. The highest BCUT2D eigenvalue weighted by molar-refractivity contribution is 5.79. The first-order valence-electron chi connectivity index (χ1n) is 10.1. The normalized spacial score (nSPS) is 11.7. The van der Waals surface area contributed by atoms with Crippen LogP contribution in [-0.4, -0.2) is 28.8 Å². The SMILES string of the molecule is CCCCNC(=NCc1ccc(C)cc1)NCCCc1c(C)nn(C)c1C. The molecule has 0 aliphatic heterocycles. The molecule has 0 aliphatic carbocycles. The van der Waals surface area contributed by atoms with Crippen LogP contribution in [0.4, 0.5) is 0 Å². The molecule has 148 valence electrons. The molecule has 0 saturated heterocycles. The first-order chi connectivity index (χ1) is 13.0. The van der Waals surface area contributed by atoms with Crippen molar-refractivity contribution in [1.29, 1.82) is 0 Å². The molecular weight excluding hydrogens is 334 g/mol. The molecular formula is C22H35N5. The van der Waals surface area contributed by atoms with Crippen LogP contribution < -0.4 is 10.6 Å². The summed E-state index contributed by atoms with van der Waals surface area (Å²) in [5.74, 6) is 0.906. The van der Waals surface area contributed by atoms with Gasteiger partial charge in [-0.3, -0.25) is 4.68 Å². The molecule has 1 aromatic carbocycles. The summed E-state index contributed by atoms with van der Waals surface area (Å²) in [6.45, 7) is 11.1. The van der Waals surface area contributed by atoms with Crippen molar-refractivity contribution in [1.82, 2.24) is 20.4 Å². The Hall–Kier alpha value is -2.30. The summed E-state index contributed by atoms with van der Waals surface area (Å²) < 4.78 is 1.97. The topological polar surface area (TPSA) is 54.2 Å². The zero-order valence-corrected chi connectivity index (χ0v) is 17.6. The molecule has 27 heavy (non-hydrogen) atoms. The lowest BCUT2D eigenvalue weighted by atomic mass is 10.1. The van der Waals surface area contributed by atoms with Gasteiger partial charge in [0.2, 0.25) is 0 Å². The number of hydrogen-bond acceptors (Lipinski definition) is 2. The molecule has 0 bridgehead atoms.